The van der Waals surface area contributed by atoms with Crippen LogP contribution in [0.25, 0.3) is 0 Å². The van der Waals surface area contributed by atoms with E-state index in [1.54, 1.807) is 13.0 Å². The van der Waals surface area contributed by atoms with Crippen molar-refractivity contribution in [3.63, 3.8) is 0 Å². The van der Waals surface area contributed by atoms with E-state index in [0.29, 0.717) is 5.56 Å². The first kappa shape index (κ1) is 6.27. The van der Waals surface area contributed by atoms with E-state index in [1.807, 2.05) is 6.92 Å². The summed E-state index contributed by atoms with van der Waals surface area (Å²) in [6, 6.07) is 5.90. The molecule has 0 bridgehead atoms. The molecule has 47 valence electrons. The Morgan fingerprint density at radius 1 is 1.44 bits per heavy atom. The molecule has 0 aliphatic heterocycles. The van der Waals surface area contributed by atoms with Crippen LogP contribution < -0.4 is 0 Å². The van der Waals surface area contributed by atoms with Crippen molar-refractivity contribution < 1.29 is 4.39 Å². The summed E-state index contributed by atoms with van der Waals surface area (Å²) in [5, 5.41) is 0. The van der Waals surface area contributed by atoms with Gasteiger partial charge in [0.1, 0.15) is 5.82 Å². The molecule has 1 aromatic rings. The molecular formula is C8H8F. The standard InChI is InChI=1S/C8H8F/c1-6-3-4-8(9)7(2)5-6/h4-5H,1-2H3. The van der Waals surface area contributed by atoms with Gasteiger partial charge in [-0.2, -0.15) is 0 Å². The molecule has 0 saturated carbocycles. The van der Waals surface area contributed by atoms with Crippen LogP contribution in [0, 0.1) is 25.7 Å². The van der Waals surface area contributed by atoms with Gasteiger partial charge in [-0.05, 0) is 37.1 Å². The lowest BCUT2D eigenvalue weighted by molar-refractivity contribution is 0.617. The zero-order chi connectivity index (χ0) is 6.85. The van der Waals surface area contributed by atoms with Crippen LogP contribution in [-0.2, 0) is 0 Å². The molecule has 0 aromatic heterocycles. The second-order valence-corrected chi connectivity index (χ2v) is 2.15. The summed E-state index contributed by atoms with van der Waals surface area (Å²) in [5.74, 6) is -0.180. The molecule has 1 radical (unpaired) electrons. The predicted molar refractivity (Wildman–Crippen MR) is 34.7 cm³/mol. The summed E-state index contributed by atoms with van der Waals surface area (Å²) < 4.78 is 12.5. The average molecular weight is 123 g/mol. The third kappa shape index (κ3) is 1.28. The highest BCUT2D eigenvalue weighted by Crippen LogP contribution is 2.06. The lowest BCUT2D eigenvalue weighted by atomic mass is 10.1. The molecule has 1 heteroatoms. The van der Waals surface area contributed by atoms with Gasteiger partial charge in [-0.1, -0.05) is 6.07 Å². The summed E-state index contributed by atoms with van der Waals surface area (Å²) in [6.45, 7) is 3.64. The van der Waals surface area contributed by atoms with Crippen LogP contribution in [0.2, 0.25) is 0 Å². The molecule has 0 spiro atoms. The second kappa shape index (κ2) is 2.18. The molecule has 0 N–H and O–H groups in total. The molecule has 1 aromatic carbocycles. The molecule has 9 heavy (non-hydrogen) atoms. The first-order valence-electron chi connectivity index (χ1n) is 2.84. The monoisotopic (exact) mass is 123 g/mol. The maximum atomic E-state index is 12.5. The summed E-state index contributed by atoms with van der Waals surface area (Å²) in [7, 11) is 0. The van der Waals surface area contributed by atoms with E-state index in [0.717, 1.165) is 5.56 Å². The van der Waals surface area contributed by atoms with Crippen LogP contribution >= 0.6 is 0 Å². The van der Waals surface area contributed by atoms with Crippen LogP contribution in [-0.4, -0.2) is 0 Å². The quantitative estimate of drug-likeness (QED) is 0.496. The highest BCUT2D eigenvalue weighted by Gasteiger charge is 1.93. The van der Waals surface area contributed by atoms with Crippen LogP contribution in [0.15, 0.2) is 12.1 Å². The maximum Gasteiger partial charge on any atom is 0.126 e. The molecule has 0 heterocycles. The first-order valence-corrected chi connectivity index (χ1v) is 2.84. The zero-order valence-electron chi connectivity index (χ0n) is 5.53. The van der Waals surface area contributed by atoms with Crippen LogP contribution in [0.1, 0.15) is 11.1 Å². The molecular weight excluding hydrogens is 115 g/mol. The van der Waals surface area contributed by atoms with Crippen molar-refractivity contribution in [3.8, 4) is 0 Å². The van der Waals surface area contributed by atoms with Crippen molar-refractivity contribution in [2.45, 2.75) is 13.8 Å². The predicted octanol–water partition coefficient (Wildman–Crippen LogP) is 2.24. The number of aryl methyl sites for hydroxylation is 2. The van der Waals surface area contributed by atoms with Gasteiger partial charge in [0.25, 0.3) is 0 Å². The Morgan fingerprint density at radius 3 is 2.56 bits per heavy atom. The Morgan fingerprint density at radius 2 is 2.11 bits per heavy atom. The number of benzene rings is 1. The van der Waals surface area contributed by atoms with Gasteiger partial charge in [-0.25, -0.2) is 4.39 Å². The van der Waals surface area contributed by atoms with Gasteiger partial charge in [0.15, 0.2) is 0 Å². The summed E-state index contributed by atoms with van der Waals surface area (Å²) in [4.78, 5) is 0. The Balaban J connectivity index is 3.17. The van der Waals surface area contributed by atoms with Gasteiger partial charge in [0.05, 0.1) is 0 Å². The van der Waals surface area contributed by atoms with E-state index in [9.17, 15) is 4.39 Å². The Hall–Kier alpha value is -0.850. The number of hydrogen-bond acceptors (Lipinski definition) is 0. The van der Waals surface area contributed by atoms with E-state index < -0.39 is 0 Å². The van der Waals surface area contributed by atoms with Crippen LogP contribution in [0.5, 0.6) is 0 Å². The van der Waals surface area contributed by atoms with Crippen LogP contribution in [0.4, 0.5) is 4.39 Å². The van der Waals surface area contributed by atoms with Crippen molar-refractivity contribution in [2.24, 2.45) is 0 Å². The van der Waals surface area contributed by atoms with Crippen molar-refractivity contribution in [1.29, 1.82) is 0 Å². The summed E-state index contributed by atoms with van der Waals surface area (Å²) in [5.41, 5.74) is 1.67. The van der Waals surface area contributed by atoms with Crippen molar-refractivity contribution >= 4 is 0 Å². The zero-order valence-corrected chi connectivity index (χ0v) is 5.53. The number of rotatable bonds is 0. The summed E-state index contributed by atoms with van der Waals surface area (Å²) >= 11 is 0. The SMILES string of the molecule is Cc1[c]cc(F)c(C)c1. The summed E-state index contributed by atoms with van der Waals surface area (Å²) in [6.07, 6.45) is 0. The Kier molecular flexibility index (Phi) is 1.52. The molecule has 1 rings (SSSR count). The minimum atomic E-state index is -0.180. The van der Waals surface area contributed by atoms with Crippen molar-refractivity contribution in [2.75, 3.05) is 0 Å². The fourth-order valence-electron chi connectivity index (χ4n) is 0.726. The lowest BCUT2D eigenvalue weighted by Gasteiger charge is -1.94. The molecule has 0 fully saturated rings. The molecule has 0 saturated heterocycles. The molecule has 0 atom stereocenters. The van der Waals surface area contributed by atoms with Gasteiger partial charge in [-0.3, -0.25) is 0 Å². The Bertz CT molecular complexity index is 216. The highest BCUT2D eigenvalue weighted by atomic mass is 19.1. The second-order valence-electron chi connectivity index (χ2n) is 2.15. The van der Waals surface area contributed by atoms with Crippen molar-refractivity contribution in [1.82, 2.24) is 0 Å². The van der Waals surface area contributed by atoms with E-state index >= 15 is 0 Å². The minimum absolute atomic E-state index is 0.180. The molecule has 0 aliphatic carbocycles. The highest BCUT2D eigenvalue weighted by molar-refractivity contribution is 5.21. The minimum Gasteiger partial charge on any atom is -0.207 e. The molecule has 0 nitrogen and oxygen atoms in total. The van der Waals surface area contributed by atoms with Crippen LogP contribution in [0.3, 0.4) is 0 Å². The lowest BCUT2D eigenvalue weighted by Crippen LogP contribution is -1.81. The van der Waals surface area contributed by atoms with E-state index in [2.05, 4.69) is 6.07 Å². The normalized spacial score (nSPS) is 9.67. The smallest absolute Gasteiger partial charge is 0.126 e. The van der Waals surface area contributed by atoms with Gasteiger partial charge in [0.2, 0.25) is 0 Å². The fraction of sp³-hybridized carbons (Fsp3) is 0.250. The fourth-order valence-corrected chi connectivity index (χ4v) is 0.726. The Labute approximate surface area is 54.3 Å². The van der Waals surface area contributed by atoms with Gasteiger partial charge in [0, 0.05) is 0 Å². The number of hydrogen-bond donors (Lipinski definition) is 0. The molecule has 0 amide bonds. The average Bonchev–Trinajstić information content (AvgIpc) is 1.80. The topological polar surface area (TPSA) is 0 Å². The number of halogens is 1. The first-order chi connectivity index (χ1) is 4.20. The molecule has 0 aliphatic rings. The van der Waals surface area contributed by atoms with E-state index in [-0.39, 0.29) is 5.82 Å². The third-order valence-electron chi connectivity index (χ3n) is 1.24. The van der Waals surface area contributed by atoms with E-state index in [4.69, 9.17) is 0 Å². The van der Waals surface area contributed by atoms with Gasteiger partial charge < -0.3 is 0 Å². The maximum absolute atomic E-state index is 12.5. The van der Waals surface area contributed by atoms with Gasteiger partial charge in [-0.15, -0.1) is 0 Å². The van der Waals surface area contributed by atoms with Crippen molar-refractivity contribution in [3.05, 3.63) is 35.1 Å². The molecule has 0 unspecified atom stereocenters. The van der Waals surface area contributed by atoms with Gasteiger partial charge >= 0.3 is 0 Å². The van der Waals surface area contributed by atoms with E-state index in [1.165, 1.54) is 6.07 Å². The third-order valence-corrected chi connectivity index (χ3v) is 1.24. The largest absolute Gasteiger partial charge is 0.207 e.